The number of hydrogen-bond donors (Lipinski definition) is 1. The van der Waals surface area contributed by atoms with Crippen LogP contribution in [0.25, 0.3) is 22.0 Å². The average Bonchev–Trinajstić information content (AvgIpc) is 3.12. The summed E-state index contributed by atoms with van der Waals surface area (Å²) in [7, 11) is 1.54. The third-order valence-electron chi connectivity index (χ3n) is 4.31. The maximum atomic E-state index is 13.1. The molecule has 0 aliphatic rings. The Morgan fingerprint density at radius 3 is 2.65 bits per heavy atom. The Kier molecular flexibility index (Phi) is 3.97. The van der Waals surface area contributed by atoms with E-state index in [4.69, 9.17) is 4.74 Å². The standard InChI is InChI=1S/C21H15FN2O2/c1-26-21-19-17(9-10-23-21)18(12-24-19)20(25)15-4-2-3-14(11-15)13-5-7-16(22)8-6-13/h2-12,24H,1H3. The molecule has 0 spiro atoms. The van der Waals surface area contributed by atoms with Crippen molar-refractivity contribution in [1.82, 2.24) is 9.97 Å². The van der Waals surface area contributed by atoms with Crippen LogP contribution in [0.15, 0.2) is 67.0 Å². The van der Waals surface area contributed by atoms with Crippen LogP contribution in [0, 0.1) is 5.82 Å². The molecule has 0 fully saturated rings. The zero-order chi connectivity index (χ0) is 18.1. The summed E-state index contributed by atoms with van der Waals surface area (Å²) in [6.45, 7) is 0. The number of ketones is 1. The zero-order valence-electron chi connectivity index (χ0n) is 14.0. The van der Waals surface area contributed by atoms with Crippen molar-refractivity contribution >= 4 is 16.7 Å². The predicted octanol–water partition coefficient (Wildman–Crippen LogP) is 4.61. The van der Waals surface area contributed by atoms with Gasteiger partial charge in [-0.3, -0.25) is 4.79 Å². The van der Waals surface area contributed by atoms with Gasteiger partial charge < -0.3 is 9.72 Å². The van der Waals surface area contributed by atoms with E-state index in [0.29, 0.717) is 22.5 Å². The summed E-state index contributed by atoms with van der Waals surface area (Å²) in [5.74, 6) is 0.0532. The van der Waals surface area contributed by atoms with Gasteiger partial charge in [-0.25, -0.2) is 9.37 Å². The van der Waals surface area contributed by atoms with Gasteiger partial charge in [0, 0.05) is 28.9 Å². The van der Waals surface area contributed by atoms with Gasteiger partial charge >= 0.3 is 0 Å². The first-order chi connectivity index (χ1) is 12.7. The van der Waals surface area contributed by atoms with Gasteiger partial charge in [0.05, 0.1) is 7.11 Å². The molecular weight excluding hydrogens is 331 g/mol. The third-order valence-corrected chi connectivity index (χ3v) is 4.31. The fraction of sp³-hybridized carbons (Fsp3) is 0.0476. The fourth-order valence-electron chi connectivity index (χ4n) is 3.01. The van der Waals surface area contributed by atoms with Crippen molar-refractivity contribution in [2.24, 2.45) is 0 Å². The van der Waals surface area contributed by atoms with Gasteiger partial charge in [-0.2, -0.15) is 0 Å². The van der Waals surface area contributed by atoms with Crippen LogP contribution in [0.5, 0.6) is 5.88 Å². The van der Waals surface area contributed by atoms with Crippen molar-refractivity contribution in [3.63, 3.8) is 0 Å². The van der Waals surface area contributed by atoms with Crippen LogP contribution in [0.1, 0.15) is 15.9 Å². The Morgan fingerprint density at radius 1 is 1.08 bits per heavy atom. The minimum Gasteiger partial charge on any atom is -0.479 e. The highest BCUT2D eigenvalue weighted by Crippen LogP contribution is 2.28. The Bertz CT molecular complexity index is 1100. The van der Waals surface area contributed by atoms with Gasteiger partial charge in [-0.15, -0.1) is 0 Å². The molecule has 26 heavy (non-hydrogen) atoms. The first kappa shape index (κ1) is 16.0. The van der Waals surface area contributed by atoms with Crippen molar-refractivity contribution in [2.45, 2.75) is 0 Å². The van der Waals surface area contributed by atoms with E-state index >= 15 is 0 Å². The molecule has 0 saturated heterocycles. The average molecular weight is 346 g/mol. The molecule has 0 saturated carbocycles. The normalized spacial score (nSPS) is 10.8. The Balaban J connectivity index is 1.75. The van der Waals surface area contributed by atoms with Crippen molar-refractivity contribution in [2.75, 3.05) is 7.11 Å². The minimum absolute atomic E-state index is 0.103. The van der Waals surface area contributed by atoms with Crippen LogP contribution < -0.4 is 4.74 Å². The Labute approximate surface area is 149 Å². The van der Waals surface area contributed by atoms with Gasteiger partial charge in [0.1, 0.15) is 11.3 Å². The fourth-order valence-corrected chi connectivity index (χ4v) is 3.01. The smallest absolute Gasteiger partial charge is 0.238 e. The molecule has 0 atom stereocenters. The number of nitrogens with one attached hydrogen (secondary N) is 1. The molecule has 0 aliphatic carbocycles. The number of carbonyl (C=O) groups excluding carboxylic acids is 1. The van der Waals surface area contributed by atoms with Gasteiger partial charge in [0.25, 0.3) is 0 Å². The predicted molar refractivity (Wildman–Crippen MR) is 97.9 cm³/mol. The van der Waals surface area contributed by atoms with Gasteiger partial charge in [-0.05, 0) is 35.4 Å². The number of fused-ring (bicyclic) bond motifs is 1. The number of rotatable bonds is 4. The second kappa shape index (κ2) is 6.44. The van der Waals surface area contributed by atoms with E-state index in [1.807, 2.05) is 18.2 Å². The van der Waals surface area contributed by atoms with E-state index in [-0.39, 0.29) is 11.6 Å². The number of H-pyrrole nitrogens is 1. The SMILES string of the molecule is COc1nccc2c(C(=O)c3cccc(-c4ccc(F)cc4)c3)c[nH]c12. The Hall–Kier alpha value is -3.47. The molecular formula is C21H15FN2O2. The van der Waals surface area contributed by atoms with Crippen molar-refractivity contribution in [3.05, 3.63) is 83.9 Å². The van der Waals surface area contributed by atoms with Crippen molar-refractivity contribution in [3.8, 4) is 17.0 Å². The number of aromatic amines is 1. The van der Waals surface area contributed by atoms with Crippen LogP contribution in [-0.2, 0) is 0 Å². The van der Waals surface area contributed by atoms with Crippen LogP contribution in [-0.4, -0.2) is 22.9 Å². The first-order valence-electron chi connectivity index (χ1n) is 8.08. The molecule has 2 aromatic heterocycles. The van der Waals surface area contributed by atoms with Gasteiger partial charge in [0.2, 0.25) is 5.88 Å². The summed E-state index contributed by atoms with van der Waals surface area (Å²) < 4.78 is 18.4. The molecule has 128 valence electrons. The van der Waals surface area contributed by atoms with E-state index in [1.165, 1.54) is 19.2 Å². The summed E-state index contributed by atoms with van der Waals surface area (Å²) in [6.07, 6.45) is 3.28. The summed E-state index contributed by atoms with van der Waals surface area (Å²) in [5, 5.41) is 0.758. The van der Waals surface area contributed by atoms with E-state index in [0.717, 1.165) is 16.5 Å². The molecule has 4 rings (SSSR count). The molecule has 0 aliphatic heterocycles. The van der Waals surface area contributed by atoms with E-state index in [9.17, 15) is 9.18 Å². The monoisotopic (exact) mass is 346 g/mol. The summed E-state index contributed by atoms with van der Waals surface area (Å²) in [4.78, 5) is 20.2. The molecule has 0 unspecified atom stereocenters. The first-order valence-corrected chi connectivity index (χ1v) is 8.08. The second-order valence-electron chi connectivity index (χ2n) is 5.86. The summed E-state index contributed by atoms with van der Waals surface area (Å²) in [6, 6.07) is 15.3. The van der Waals surface area contributed by atoms with Gasteiger partial charge in [-0.1, -0.05) is 30.3 Å². The third kappa shape index (κ3) is 2.73. The lowest BCUT2D eigenvalue weighted by atomic mass is 9.98. The molecule has 1 N–H and O–H groups in total. The second-order valence-corrected chi connectivity index (χ2v) is 5.86. The molecule has 2 heterocycles. The molecule has 0 amide bonds. The number of methoxy groups -OCH3 is 1. The molecule has 4 nitrogen and oxygen atoms in total. The highest BCUT2D eigenvalue weighted by atomic mass is 19.1. The summed E-state index contributed by atoms with van der Waals surface area (Å²) in [5.41, 5.74) is 3.51. The molecule has 4 aromatic rings. The summed E-state index contributed by atoms with van der Waals surface area (Å²) >= 11 is 0. The van der Waals surface area contributed by atoms with Gasteiger partial charge in [0.15, 0.2) is 5.78 Å². The highest BCUT2D eigenvalue weighted by Gasteiger charge is 2.17. The number of halogens is 1. The number of nitrogens with zero attached hydrogens (tertiary/aromatic N) is 1. The minimum atomic E-state index is -0.290. The number of hydrogen-bond acceptors (Lipinski definition) is 3. The van der Waals surface area contributed by atoms with E-state index in [2.05, 4.69) is 9.97 Å². The van der Waals surface area contributed by atoms with Crippen LogP contribution in [0.2, 0.25) is 0 Å². The van der Waals surface area contributed by atoms with Crippen LogP contribution in [0.3, 0.4) is 0 Å². The number of ether oxygens (including phenoxy) is 1. The van der Waals surface area contributed by atoms with Crippen molar-refractivity contribution in [1.29, 1.82) is 0 Å². The molecule has 2 aromatic carbocycles. The number of aromatic nitrogens is 2. The topological polar surface area (TPSA) is 55.0 Å². The number of carbonyl (C=O) groups is 1. The highest BCUT2D eigenvalue weighted by molar-refractivity contribution is 6.17. The zero-order valence-corrected chi connectivity index (χ0v) is 14.0. The molecule has 5 heteroatoms. The lowest BCUT2D eigenvalue weighted by Gasteiger charge is -2.05. The number of pyridine rings is 1. The van der Waals surface area contributed by atoms with Crippen LogP contribution >= 0.6 is 0 Å². The van der Waals surface area contributed by atoms with Crippen LogP contribution in [0.4, 0.5) is 4.39 Å². The van der Waals surface area contributed by atoms with Crippen molar-refractivity contribution < 1.29 is 13.9 Å². The largest absolute Gasteiger partial charge is 0.479 e. The molecule has 0 bridgehead atoms. The van der Waals surface area contributed by atoms with E-state index < -0.39 is 0 Å². The maximum Gasteiger partial charge on any atom is 0.238 e. The lowest BCUT2D eigenvalue weighted by Crippen LogP contribution is -2.00. The number of benzene rings is 2. The molecule has 0 radical (unpaired) electrons. The van der Waals surface area contributed by atoms with E-state index in [1.54, 1.807) is 36.7 Å². The quantitative estimate of drug-likeness (QED) is 0.549. The lowest BCUT2D eigenvalue weighted by molar-refractivity contribution is 0.104. The Morgan fingerprint density at radius 2 is 1.88 bits per heavy atom. The maximum absolute atomic E-state index is 13.1.